The molecule has 1 aromatic heterocycles. The van der Waals surface area contributed by atoms with Crippen LogP contribution in [0.25, 0.3) is 6.08 Å². The summed E-state index contributed by atoms with van der Waals surface area (Å²) < 4.78 is 12.2. The molecule has 5 rings (SSSR count). The van der Waals surface area contributed by atoms with Gasteiger partial charge in [-0.3, -0.25) is 9.69 Å². The molecule has 2 aliphatic rings. The minimum Gasteiger partial charge on any atom is -0.478 e. The summed E-state index contributed by atoms with van der Waals surface area (Å²) in [5.74, 6) is 1.79. The summed E-state index contributed by atoms with van der Waals surface area (Å²) in [4.78, 5) is 16.6. The van der Waals surface area contributed by atoms with Crippen molar-refractivity contribution in [1.82, 2.24) is 4.90 Å². The van der Waals surface area contributed by atoms with Gasteiger partial charge in [0.2, 0.25) is 5.78 Å². The van der Waals surface area contributed by atoms with Gasteiger partial charge in [-0.25, -0.2) is 0 Å². The summed E-state index contributed by atoms with van der Waals surface area (Å²) in [6, 6.07) is 14.1. The third-order valence-electron chi connectivity index (χ3n) is 5.42. The number of fused-ring (bicyclic) bond motifs is 3. The topological polar surface area (TPSA) is 38.8 Å². The van der Waals surface area contributed by atoms with Crippen molar-refractivity contribution in [2.75, 3.05) is 6.73 Å². The van der Waals surface area contributed by atoms with Crippen molar-refractivity contribution in [1.29, 1.82) is 0 Å². The van der Waals surface area contributed by atoms with Gasteiger partial charge in [-0.15, -0.1) is 11.3 Å². The molecule has 3 heterocycles. The highest BCUT2D eigenvalue weighted by molar-refractivity contribution is 7.09. The molecule has 0 bridgehead atoms. The summed E-state index contributed by atoms with van der Waals surface area (Å²) >= 11 is 1.74. The molecule has 0 radical (unpaired) electrons. The Labute approximate surface area is 174 Å². The van der Waals surface area contributed by atoms with E-state index in [0.717, 1.165) is 34.5 Å². The average Bonchev–Trinajstić information content (AvgIpc) is 3.33. The van der Waals surface area contributed by atoms with Gasteiger partial charge in [-0.05, 0) is 54.1 Å². The van der Waals surface area contributed by atoms with Crippen LogP contribution in [0.5, 0.6) is 11.5 Å². The SMILES string of the molecule is Cc1ccccc1/C=C1\Oc2c3c(cc(C)c2C1=O)OCN(Cc1cccs1)C3. The molecule has 0 amide bonds. The number of rotatable bonds is 3. The van der Waals surface area contributed by atoms with E-state index in [4.69, 9.17) is 9.47 Å². The van der Waals surface area contributed by atoms with Crippen LogP contribution in [0.4, 0.5) is 0 Å². The van der Waals surface area contributed by atoms with Gasteiger partial charge < -0.3 is 9.47 Å². The normalized spacial score (nSPS) is 17.0. The minimum absolute atomic E-state index is 0.0565. The number of thiophene rings is 1. The van der Waals surface area contributed by atoms with Crippen LogP contribution in [-0.2, 0) is 13.1 Å². The number of hydrogen-bond donors (Lipinski definition) is 0. The lowest BCUT2D eigenvalue weighted by Crippen LogP contribution is -2.31. The highest BCUT2D eigenvalue weighted by Crippen LogP contribution is 2.44. The van der Waals surface area contributed by atoms with Crippen LogP contribution in [0.3, 0.4) is 0 Å². The molecule has 0 fully saturated rings. The van der Waals surface area contributed by atoms with E-state index in [1.54, 1.807) is 11.3 Å². The number of ether oxygens (including phenoxy) is 2. The molecule has 29 heavy (non-hydrogen) atoms. The fraction of sp³-hybridized carbons (Fsp3) is 0.208. The van der Waals surface area contributed by atoms with Crippen LogP contribution in [0.1, 0.15) is 37.5 Å². The van der Waals surface area contributed by atoms with Crippen molar-refractivity contribution in [3.63, 3.8) is 0 Å². The Morgan fingerprint density at radius 1 is 1.14 bits per heavy atom. The molecular weight excluding hydrogens is 382 g/mol. The Kier molecular flexibility index (Phi) is 4.49. The number of carbonyl (C=O) groups is 1. The smallest absolute Gasteiger partial charge is 0.232 e. The summed E-state index contributed by atoms with van der Waals surface area (Å²) in [6.07, 6.45) is 1.84. The van der Waals surface area contributed by atoms with Crippen molar-refractivity contribution < 1.29 is 14.3 Å². The van der Waals surface area contributed by atoms with Gasteiger partial charge in [0.15, 0.2) is 5.76 Å². The predicted octanol–water partition coefficient (Wildman–Crippen LogP) is 5.33. The first-order valence-electron chi connectivity index (χ1n) is 9.64. The summed E-state index contributed by atoms with van der Waals surface area (Å²) in [5, 5.41) is 2.08. The Balaban J connectivity index is 1.50. The molecule has 0 saturated heterocycles. The van der Waals surface area contributed by atoms with E-state index in [-0.39, 0.29) is 5.78 Å². The highest BCUT2D eigenvalue weighted by atomic mass is 32.1. The van der Waals surface area contributed by atoms with E-state index in [1.807, 2.05) is 50.3 Å². The van der Waals surface area contributed by atoms with E-state index in [0.29, 0.717) is 30.3 Å². The molecule has 146 valence electrons. The third kappa shape index (κ3) is 3.26. The second-order valence-corrected chi connectivity index (χ2v) is 8.54. The van der Waals surface area contributed by atoms with Crippen molar-refractivity contribution in [2.45, 2.75) is 26.9 Å². The summed E-state index contributed by atoms with van der Waals surface area (Å²) in [6.45, 7) is 6.02. The summed E-state index contributed by atoms with van der Waals surface area (Å²) in [5.41, 5.74) is 4.60. The Hall–Kier alpha value is -2.89. The molecule has 0 N–H and O–H groups in total. The van der Waals surface area contributed by atoms with Gasteiger partial charge in [0, 0.05) is 18.0 Å². The lowest BCUT2D eigenvalue weighted by molar-refractivity contribution is 0.0881. The first-order valence-corrected chi connectivity index (χ1v) is 10.5. The summed E-state index contributed by atoms with van der Waals surface area (Å²) in [7, 11) is 0. The number of Topliss-reactive ketones (excluding diaryl/α,β-unsaturated/α-hetero) is 1. The molecule has 0 spiro atoms. The number of aryl methyl sites for hydroxylation is 2. The fourth-order valence-electron chi connectivity index (χ4n) is 3.89. The number of nitrogens with zero attached hydrogens (tertiary/aromatic N) is 1. The largest absolute Gasteiger partial charge is 0.478 e. The van der Waals surface area contributed by atoms with Crippen molar-refractivity contribution >= 4 is 23.2 Å². The number of allylic oxidation sites excluding steroid dienone is 1. The van der Waals surface area contributed by atoms with E-state index >= 15 is 0 Å². The minimum atomic E-state index is -0.0565. The molecular formula is C24H21NO3S. The Morgan fingerprint density at radius 3 is 2.79 bits per heavy atom. The van der Waals surface area contributed by atoms with E-state index < -0.39 is 0 Å². The second kappa shape index (κ2) is 7.17. The first kappa shape index (κ1) is 18.2. The molecule has 0 saturated carbocycles. The van der Waals surface area contributed by atoms with Crippen molar-refractivity contribution in [2.24, 2.45) is 0 Å². The van der Waals surface area contributed by atoms with Gasteiger partial charge >= 0.3 is 0 Å². The monoisotopic (exact) mass is 403 g/mol. The van der Waals surface area contributed by atoms with Gasteiger partial charge in [0.05, 0.1) is 11.1 Å². The molecule has 2 aromatic carbocycles. The van der Waals surface area contributed by atoms with Gasteiger partial charge in [0.25, 0.3) is 0 Å². The van der Waals surface area contributed by atoms with Crippen LogP contribution >= 0.6 is 11.3 Å². The Morgan fingerprint density at radius 2 is 2.00 bits per heavy atom. The third-order valence-corrected chi connectivity index (χ3v) is 6.28. The first-order chi connectivity index (χ1) is 14.1. The number of benzene rings is 2. The van der Waals surface area contributed by atoms with Crippen molar-refractivity contribution in [3.8, 4) is 11.5 Å². The number of carbonyl (C=O) groups excluding carboxylic acids is 1. The standard InChI is InChI=1S/C24H21NO3S/c1-15-6-3-4-7-17(15)11-21-23(26)22-16(2)10-20-19(24(22)28-21)13-25(14-27-20)12-18-8-5-9-29-18/h3-11H,12-14H2,1-2H3/b21-11-. The molecule has 0 atom stereocenters. The van der Waals surface area contributed by atoms with Crippen LogP contribution in [0, 0.1) is 13.8 Å². The predicted molar refractivity (Wildman–Crippen MR) is 114 cm³/mol. The van der Waals surface area contributed by atoms with Crippen LogP contribution in [0.15, 0.2) is 53.6 Å². The quantitative estimate of drug-likeness (QED) is 0.554. The zero-order valence-corrected chi connectivity index (χ0v) is 17.2. The average molecular weight is 404 g/mol. The van der Waals surface area contributed by atoms with Gasteiger partial charge in [0.1, 0.15) is 18.2 Å². The maximum Gasteiger partial charge on any atom is 0.232 e. The van der Waals surface area contributed by atoms with E-state index in [9.17, 15) is 4.79 Å². The van der Waals surface area contributed by atoms with E-state index in [1.165, 1.54) is 4.88 Å². The molecule has 4 nitrogen and oxygen atoms in total. The van der Waals surface area contributed by atoms with Gasteiger partial charge in [-0.2, -0.15) is 0 Å². The van der Waals surface area contributed by atoms with Crippen LogP contribution < -0.4 is 9.47 Å². The number of hydrogen-bond acceptors (Lipinski definition) is 5. The number of ketones is 1. The zero-order chi connectivity index (χ0) is 20.0. The Bertz CT molecular complexity index is 1130. The van der Waals surface area contributed by atoms with E-state index in [2.05, 4.69) is 22.4 Å². The fourth-order valence-corrected chi connectivity index (χ4v) is 4.64. The van der Waals surface area contributed by atoms with Crippen molar-refractivity contribution in [3.05, 3.63) is 86.3 Å². The zero-order valence-electron chi connectivity index (χ0n) is 16.4. The maximum absolute atomic E-state index is 13.1. The van der Waals surface area contributed by atoms with Crippen LogP contribution in [-0.4, -0.2) is 17.4 Å². The lowest BCUT2D eigenvalue weighted by atomic mass is 9.98. The van der Waals surface area contributed by atoms with Crippen LogP contribution in [0.2, 0.25) is 0 Å². The molecule has 0 unspecified atom stereocenters. The molecule has 0 aliphatic carbocycles. The van der Waals surface area contributed by atoms with Gasteiger partial charge in [-0.1, -0.05) is 30.3 Å². The maximum atomic E-state index is 13.1. The molecule has 3 aromatic rings. The second-order valence-electron chi connectivity index (χ2n) is 7.51. The highest BCUT2D eigenvalue weighted by Gasteiger charge is 2.35. The molecule has 2 aliphatic heterocycles. The lowest BCUT2D eigenvalue weighted by Gasteiger charge is -2.29. The molecule has 5 heteroatoms.